The number of hydrogen-bond donors (Lipinski definition) is 1. The summed E-state index contributed by atoms with van der Waals surface area (Å²) in [5.41, 5.74) is 5.32. The Labute approximate surface area is 198 Å². The molecular formula is C26H21FN4O2S. The van der Waals surface area contributed by atoms with Crippen LogP contribution in [0.2, 0.25) is 0 Å². The van der Waals surface area contributed by atoms with Crippen LogP contribution in [0.3, 0.4) is 0 Å². The molecule has 5 aromatic rings. The van der Waals surface area contributed by atoms with Crippen LogP contribution >= 0.6 is 11.3 Å². The molecule has 3 heterocycles. The van der Waals surface area contributed by atoms with Gasteiger partial charge in [0.25, 0.3) is 5.56 Å². The first-order chi connectivity index (χ1) is 16.3. The van der Waals surface area contributed by atoms with Gasteiger partial charge in [0.1, 0.15) is 21.9 Å². The number of amides is 1. The molecule has 0 aliphatic rings. The number of aryl methyl sites for hydroxylation is 3. The lowest BCUT2D eigenvalue weighted by Gasteiger charge is -2.08. The van der Waals surface area contributed by atoms with Crippen molar-refractivity contribution in [3.8, 4) is 11.3 Å². The van der Waals surface area contributed by atoms with E-state index in [4.69, 9.17) is 4.98 Å². The Morgan fingerprint density at radius 3 is 2.59 bits per heavy atom. The average molecular weight is 473 g/mol. The summed E-state index contributed by atoms with van der Waals surface area (Å²) < 4.78 is 15.4. The van der Waals surface area contributed by atoms with Gasteiger partial charge in [-0.15, -0.1) is 11.3 Å². The molecule has 0 aliphatic carbocycles. The zero-order valence-electron chi connectivity index (χ0n) is 18.8. The number of nitrogens with zero attached hydrogens (tertiary/aromatic N) is 3. The van der Waals surface area contributed by atoms with E-state index in [1.807, 2.05) is 18.2 Å². The number of hydrogen-bond acceptors (Lipinski definition) is 5. The summed E-state index contributed by atoms with van der Waals surface area (Å²) in [4.78, 5) is 35.5. The summed E-state index contributed by atoms with van der Waals surface area (Å²) in [6, 6.07) is 14.5. The normalized spacial score (nSPS) is 11.3. The number of halogens is 1. The van der Waals surface area contributed by atoms with Crippen LogP contribution in [0, 0.1) is 26.6 Å². The Kier molecular flexibility index (Phi) is 5.45. The maximum absolute atomic E-state index is 13.7. The summed E-state index contributed by atoms with van der Waals surface area (Å²) in [5, 5.41) is 3.42. The molecule has 1 amide bonds. The van der Waals surface area contributed by atoms with Crippen molar-refractivity contribution in [2.45, 2.75) is 27.3 Å². The van der Waals surface area contributed by atoms with Gasteiger partial charge in [0.15, 0.2) is 0 Å². The van der Waals surface area contributed by atoms with E-state index in [0.29, 0.717) is 26.3 Å². The lowest BCUT2D eigenvalue weighted by molar-refractivity contribution is -0.116. The predicted molar refractivity (Wildman–Crippen MR) is 134 cm³/mol. The Balaban J connectivity index is 1.46. The zero-order valence-corrected chi connectivity index (χ0v) is 19.7. The highest BCUT2D eigenvalue weighted by atomic mass is 32.1. The van der Waals surface area contributed by atoms with Gasteiger partial charge in [0, 0.05) is 16.6 Å². The number of pyridine rings is 1. The number of fused-ring (bicyclic) bond motifs is 3. The molecule has 0 bridgehead atoms. The lowest BCUT2D eigenvalue weighted by Crippen LogP contribution is -2.27. The zero-order chi connectivity index (χ0) is 24.0. The summed E-state index contributed by atoms with van der Waals surface area (Å²) in [7, 11) is 0. The van der Waals surface area contributed by atoms with Crippen molar-refractivity contribution in [2.75, 3.05) is 5.32 Å². The molecule has 0 saturated heterocycles. The molecule has 34 heavy (non-hydrogen) atoms. The fraction of sp³-hybridized carbons (Fsp3) is 0.154. The van der Waals surface area contributed by atoms with Crippen molar-refractivity contribution in [3.63, 3.8) is 0 Å². The molecule has 8 heteroatoms. The van der Waals surface area contributed by atoms with Crippen LogP contribution in [0.25, 0.3) is 31.7 Å². The van der Waals surface area contributed by atoms with E-state index in [1.54, 1.807) is 19.1 Å². The molecule has 0 saturated carbocycles. The van der Waals surface area contributed by atoms with E-state index in [1.165, 1.54) is 39.4 Å². The van der Waals surface area contributed by atoms with Crippen molar-refractivity contribution in [1.29, 1.82) is 0 Å². The molecule has 0 atom stereocenters. The van der Waals surface area contributed by atoms with E-state index in [0.717, 1.165) is 16.6 Å². The van der Waals surface area contributed by atoms with Crippen LogP contribution in [0.15, 0.2) is 59.7 Å². The third kappa shape index (κ3) is 3.97. The standard InChI is InChI=1S/C26H21FN4O2S/c1-14-4-6-17(10-16(14)3)21-9-8-19-23-24(34-25(19)30-21)26(33)31(13-28-23)12-22(32)29-18-7-5-15(2)20(27)11-18/h4-11,13H,12H2,1-3H3,(H,29,32). The highest BCUT2D eigenvalue weighted by molar-refractivity contribution is 7.25. The molecule has 0 unspecified atom stereocenters. The second kappa shape index (κ2) is 8.46. The molecule has 2 aromatic carbocycles. The Morgan fingerprint density at radius 2 is 1.82 bits per heavy atom. The third-order valence-electron chi connectivity index (χ3n) is 5.88. The Hall–Kier alpha value is -3.91. The summed E-state index contributed by atoms with van der Waals surface area (Å²) in [5.74, 6) is -0.848. The predicted octanol–water partition coefficient (Wildman–Crippen LogP) is 5.38. The number of aromatic nitrogens is 3. The monoisotopic (exact) mass is 472 g/mol. The van der Waals surface area contributed by atoms with Gasteiger partial charge in [-0.2, -0.15) is 0 Å². The molecule has 170 valence electrons. The van der Waals surface area contributed by atoms with E-state index < -0.39 is 11.7 Å². The minimum Gasteiger partial charge on any atom is -0.324 e. The molecule has 0 fully saturated rings. The highest BCUT2D eigenvalue weighted by Crippen LogP contribution is 2.31. The van der Waals surface area contributed by atoms with Crippen molar-refractivity contribution in [3.05, 3.63) is 87.7 Å². The van der Waals surface area contributed by atoms with E-state index in [2.05, 4.69) is 36.3 Å². The average Bonchev–Trinajstić information content (AvgIpc) is 3.18. The van der Waals surface area contributed by atoms with Gasteiger partial charge in [-0.25, -0.2) is 14.4 Å². The van der Waals surface area contributed by atoms with Crippen LogP contribution < -0.4 is 10.9 Å². The van der Waals surface area contributed by atoms with Gasteiger partial charge < -0.3 is 5.32 Å². The van der Waals surface area contributed by atoms with Gasteiger partial charge in [-0.1, -0.05) is 18.2 Å². The minimum atomic E-state index is -0.442. The van der Waals surface area contributed by atoms with E-state index in [-0.39, 0.29) is 12.1 Å². The first-order valence-electron chi connectivity index (χ1n) is 10.7. The van der Waals surface area contributed by atoms with Gasteiger partial charge in [-0.3, -0.25) is 14.2 Å². The van der Waals surface area contributed by atoms with Crippen LogP contribution in [-0.2, 0) is 11.3 Å². The fourth-order valence-electron chi connectivity index (χ4n) is 3.75. The van der Waals surface area contributed by atoms with Crippen molar-refractivity contribution < 1.29 is 9.18 Å². The van der Waals surface area contributed by atoms with Crippen molar-refractivity contribution >= 4 is 43.4 Å². The van der Waals surface area contributed by atoms with Gasteiger partial charge in [-0.05, 0) is 67.8 Å². The molecule has 0 aliphatic heterocycles. The topological polar surface area (TPSA) is 76.9 Å². The van der Waals surface area contributed by atoms with E-state index >= 15 is 0 Å². The highest BCUT2D eigenvalue weighted by Gasteiger charge is 2.15. The fourth-order valence-corrected chi connectivity index (χ4v) is 4.83. The van der Waals surface area contributed by atoms with Crippen LogP contribution in [0.4, 0.5) is 10.1 Å². The quantitative estimate of drug-likeness (QED) is 0.381. The van der Waals surface area contributed by atoms with Crippen LogP contribution in [0.5, 0.6) is 0 Å². The summed E-state index contributed by atoms with van der Waals surface area (Å²) in [6.45, 7) is 5.55. The van der Waals surface area contributed by atoms with Gasteiger partial charge in [0.2, 0.25) is 5.91 Å². The van der Waals surface area contributed by atoms with Gasteiger partial charge in [0.05, 0.1) is 17.5 Å². The second-order valence-electron chi connectivity index (χ2n) is 8.32. The van der Waals surface area contributed by atoms with Crippen molar-refractivity contribution in [1.82, 2.24) is 14.5 Å². The number of anilines is 1. The summed E-state index contributed by atoms with van der Waals surface area (Å²) >= 11 is 1.27. The molecule has 0 spiro atoms. The molecular weight excluding hydrogens is 451 g/mol. The molecule has 1 N–H and O–H groups in total. The number of carbonyl (C=O) groups excluding carboxylic acids is 1. The number of thiophene rings is 1. The number of carbonyl (C=O) groups is 1. The largest absolute Gasteiger partial charge is 0.324 e. The third-order valence-corrected chi connectivity index (χ3v) is 6.96. The van der Waals surface area contributed by atoms with Crippen molar-refractivity contribution in [2.24, 2.45) is 0 Å². The molecule has 3 aromatic heterocycles. The molecule has 5 rings (SSSR count). The minimum absolute atomic E-state index is 0.229. The van der Waals surface area contributed by atoms with Crippen LogP contribution in [-0.4, -0.2) is 20.4 Å². The van der Waals surface area contributed by atoms with Gasteiger partial charge >= 0.3 is 0 Å². The Bertz CT molecular complexity index is 1650. The van der Waals surface area contributed by atoms with Crippen LogP contribution in [0.1, 0.15) is 16.7 Å². The maximum atomic E-state index is 13.7. The lowest BCUT2D eigenvalue weighted by atomic mass is 10.0. The molecule has 0 radical (unpaired) electrons. The SMILES string of the molecule is Cc1ccc(-c2ccc3c(n2)sc2c(=O)n(CC(=O)Nc4ccc(C)c(F)c4)cnc23)cc1C. The molecule has 6 nitrogen and oxygen atoms in total. The number of nitrogens with one attached hydrogen (secondary N) is 1. The summed E-state index contributed by atoms with van der Waals surface area (Å²) in [6.07, 6.45) is 1.36. The number of benzene rings is 2. The smallest absolute Gasteiger partial charge is 0.271 e. The Morgan fingerprint density at radius 1 is 1.03 bits per heavy atom. The first kappa shape index (κ1) is 21.9. The maximum Gasteiger partial charge on any atom is 0.271 e. The first-order valence-corrected chi connectivity index (χ1v) is 11.5. The second-order valence-corrected chi connectivity index (χ2v) is 9.32. The van der Waals surface area contributed by atoms with E-state index in [9.17, 15) is 14.0 Å². The number of rotatable bonds is 4.